The maximum atomic E-state index is 12.2. The molecule has 3 rings (SSSR count). The Bertz CT molecular complexity index is 758. The third kappa shape index (κ3) is 6.01. The average molecular weight is 398 g/mol. The van der Waals surface area contributed by atoms with Crippen LogP contribution in [-0.2, 0) is 11.2 Å². The molecule has 1 N–H and O–H groups in total. The number of carbonyl (C=O) groups is 1. The Balaban J connectivity index is 1.44. The van der Waals surface area contributed by atoms with Gasteiger partial charge in [-0.1, -0.05) is 37.3 Å². The van der Waals surface area contributed by atoms with E-state index in [1.54, 1.807) is 11.8 Å². The minimum atomic E-state index is 0.0711. The minimum Gasteiger partial charge on any atom is -0.369 e. The van der Waals surface area contributed by atoms with Crippen molar-refractivity contribution in [3.8, 4) is 0 Å². The van der Waals surface area contributed by atoms with Crippen molar-refractivity contribution >= 4 is 29.0 Å². The minimum absolute atomic E-state index is 0.0711. The fourth-order valence-electron chi connectivity index (χ4n) is 3.59. The lowest BCUT2D eigenvalue weighted by atomic mass is 10.1. The zero-order valence-corrected chi connectivity index (χ0v) is 17.8. The highest BCUT2D eigenvalue weighted by molar-refractivity contribution is 7.99. The number of nitrogens with zero attached hydrogens (tertiary/aromatic N) is 2. The number of nitrogens with one attached hydrogen (secondary N) is 1. The van der Waals surface area contributed by atoms with Crippen molar-refractivity contribution < 1.29 is 4.79 Å². The molecule has 0 bridgehead atoms. The van der Waals surface area contributed by atoms with Crippen LogP contribution >= 0.6 is 11.8 Å². The summed E-state index contributed by atoms with van der Waals surface area (Å²) in [5.74, 6) is 1.52. The van der Waals surface area contributed by atoms with E-state index in [0.29, 0.717) is 5.75 Å². The van der Waals surface area contributed by atoms with Gasteiger partial charge in [0.05, 0.1) is 5.75 Å². The molecule has 1 saturated heterocycles. The van der Waals surface area contributed by atoms with Crippen LogP contribution in [0.3, 0.4) is 0 Å². The average Bonchev–Trinajstić information content (AvgIpc) is 2.72. The summed E-state index contributed by atoms with van der Waals surface area (Å²) in [7, 11) is 0. The molecule has 0 saturated carbocycles. The van der Waals surface area contributed by atoms with Crippen molar-refractivity contribution in [1.82, 2.24) is 4.90 Å². The molecule has 1 amide bonds. The van der Waals surface area contributed by atoms with Crippen LogP contribution in [0.5, 0.6) is 0 Å². The van der Waals surface area contributed by atoms with E-state index >= 15 is 0 Å². The predicted octanol–water partition coefficient (Wildman–Crippen LogP) is 4.05. The summed E-state index contributed by atoms with van der Waals surface area (Å²) in [5, 5.41) is 3.04. The van der Waals surface area contributed by atoms with E-state index in [1.807, 2.05) is 12.1 Å². The second-order valence-electron chi connectivity index (χ2n) is 7.26. The van der Waals surface area contributed by atoms with Gasteiger partial charge in [0, 0.05) is 37.6 Å². The first-order chi connectivity index (χ1) is 13.7. The van der Waals surface area contributed by atoms with Gasteiger partial charge in [-0.3, -0.25) is 4.79 Å². The number of hydrogen-bond donors (Lipinski definition) is 1. The first kappa shape index (κ1) is 20.7. The highest BCUT2D eigenvalue weighted by atomic mass is 32.2. The number of amides is 1. The second kappa shape index (κ2) is 10.5. The number of aryl methyl sites for hydroxylation is 2. The van der Waals surface area contributed by atoms with Crippen LogP contribution in [-0.4, -0.2) is 55.0 Å². The molecule has 0 aromatic heterocycles. The molecule has 5 heteroatoms. The summed E-state index contributed by atoms with van der Waals surface area (Å²) >= 11 is 1.68. The van der Waals surface area contributed by atoms with E-state index in [1.165, 1.54) is 16.8 Å². The number of rotatable bonds is 8. The van der Waals surface area contributed by atoms with Crippen molar-refractivity contribution in [2.45, 2.75) is 20.3 Å². The fourth-order valence-corrected chi connectivity index (χ4v) is 4.37. The van der Waals surface area contributed by atoms with Crippen LogP contribution in [0.1, 0.15) is 18.1 Å². The molecule has 0 spiro atoms. The van der Waals surface area contributed by atoms with Gasteiger partial charge in [-0.15, -0.1) is 0 Å². The van der Waals surface area contributed by atoms with Gasteiger partial charge in [0.25, 0.3) is 0 Å². The lowest BCUT2D eigenvalue weighted by Crippen LogP contribution is -2.46. The monoisotopic (exact) mass is 397 g/mol. The van der Waals surface area contributed by atoms with Gasteiger partial charge in [0.15, 0.2) is 0 Å². The highest BCUT2D eigenvalue weighted by Gasteiger charge is 2.17. The standard InChI is InChI=1S/C23H31N3OS/c1-3-25-12-14-26(15-13-25)22-10-9-21(17-19(22)2)24-23(27)18-28-16-11-20-7-5-4-6-8-20/h4-10,17H,3,11-16,18H2,1-2H3,(H,24,27). The van der Waals surface area contributed by atoms with Gasteiger partial charge in [-0.25, -0.2) is 0 Å². The molecular formula is C23H31N3OS. The zero-order chi connectivity index (χ0) is 19.8. The number of hydrogen-bond acceptors (Lipinski definition) is 4. The smallest absolute Gasteiger partial charge is 0.234 e. The van der Waals surface area contributed by atoms with Gasteiger partial charge >= 0.3 is 0 Å². The molecule has 0 aliphatic carbocycles. The van der Waals surface area contributed by atoms with Crippen molar-refractivity contribution in [2.24, 2.45) is 0 Å². The van der Waals surface area contributed by atoms with Gasteiger partial charge < -0.3 is 15.1 Å². The third-order valence-corrected chi connectivity index (χ3v) is 6.21. The number of anilines is 2. The molecule has 1 heterocycles. The molecule has 2 aromatic rings. The normalized spacial score (nSPS) is 14.9. The number of likely N-dealkylation sites (N-methyl/N-ethyl adjacent to an activating group) is 1. The quantitative estimate of drug-likeness (QED) is 0.682. The molecule has 0 atom stereocenters. The van der Waals surface area contributed by atoms with Crippen LogP contribution in [0.4, 0.5) is 11.4 Å². The topological polar surface area (TPSA) is 35.6 Å². The Morgan fingerprint density at radius 1 is 1.07 bits per heavy atom. The van der Waals surface area contributed by atoms with Crippen LogP contribution < -0.4 is 10.2 Å². The lowest BCUT2D eigenvalue weighted by Gasteiger charge is -2.36. The fraction of sp³-hybridized carbons (Fsp3) is 0.435. The summed E-state index contributed by atoms with van der Waals surface area (Å²) in [6.45, 7) is 9.85. The van der Waals surface area contributed by atoms with Crippen LogP contribution in [0, 0.1) is 6.92 Å². The Morgan fingerprint density at radius 2 is 1.82 bits per heavy atom. The second-order valence-corrected chi connectivity index (χ2v) is 8.36. The summed E-state index contributed by atoms with van der Waals surface area (Å²) < 4.78 is 0. The van der Waals surface area contributed by atoms with Crippen LogP contribution in [0.15, 0.2) is 48.5 Å². The molecule has 1 aliphatic rings. The number of thioether (sulfide) groups is 1. The molecule has 1 aliphatic heterocycles. The molecule has 150 valence electrons. The first-order valence-corrected chi connectivity index (χ1v) is 11.3. The number of piperazine rings is 1. The van der Waals surface area contributed by atoms with E-state index in [-0.39, 0.29) is 5.91 Å². The van der Waals surface area contributed by atoms with E-state index < -0.39 is 0 Å². The Hall–Kier alpha value is -1.98. The number of benzene rings is 2. The molecule has 0 radical (unpaired) electrons. The SMILES string of the molecule is CCN1CCN(c2ccc(NC(=O)CSCCc3ccccc3)cc2C)CC1. The van der Waals surface area contributed by atoms with Crippen molar-refractivity contribution in [1.29, 1.82) is 0 Å². The Morgan fingerprint density at radius 3 is 2.50 bits per heavy atom. The summed E-state index contributed by atoms with van der Waals surface area (Å²) in [5.41, 5.74) is 4.72. The van der Waals surface area contributed by atoms with Gasteiger partial charge in [0.2, 0.25) is 5.91 Å². The lowest BCUT2D eigenvalue weighted by molar-refractivity contribution is -0.113. The third-order valence-electron chi connectivity index (χ3n) is 5.25. The van der Waals surface area contributed by atoms with Gasteiger partial charge in [-0.05, 0) is 55.0 Å². The summed E-state index contributed by atoms with van der Waals surface area (Å²) in [6, 6.07) is 16.7. The number of carbonyl (C=O) groups excluding carboxylic acids is 1. The molecule has 28 heavy (non-hydrogen) atoms. The zero-order valence-electron chi connectivity index (χ0n) is 17.0. The molecular weight excluding hydrogens is 366 g/mol. The predicted molar refractivity (Wildman–Crippen MR) is 122 cm³/mol. The Labute approximate surface area is 173 Å². The Kier molecular flexibility index (Phi) is 7.80. The van der Waals surface area contributed by atoms with Gasteiger partial charge in [-0.2, -0.15) is 11.8 Å². The van der Waals surface area contributed by atoms with Crippen molar-refractivity contribution in [2.75, 3.05) is 54.4 Å². The van der Waals surface area contributed by atoms with Gasteiger partial charge in [0.1, 0.15) is 0 Å². The highest BCUT2D eigenvalue weighted by Crippen LogP contribution is 2.25. The maximum absolute atomic E-state index is 12.2. The summed E-state index contributed by atoms with van der Waals surface area (Å²) in [4.78, 5) is 17.2. The van der Waals surface area contributed by atoms with E-state index in [4.69, 9.17) is 0 Å². The molecule has 2 aromatic carbocycles. The van der Waals surface area contributed by atoms with E-state index in [2.05, 4.69) is 65.4 Å². The first-order valence-electron chi connectivity index (χ1n) is 10.1. The summed E-state index contributed by atoms with van der Waals surface area (Å²) in [6.07, 6.45) is 0.998. The largest absolute Gasteiger partial charge is 0.369 e. The van der Waals surface area contributed by atoms with Crippen molar-refractivity contribution in [3.05, 3.63) is 59.7 Å². The molecule has 4 nitrogen and oxygen atoms in total. The van der Waals surface area contributed by atoms with E-state index in [9.17, 15) is 4.79 Å². The van der Waals surface area contributed by atoms with Crippen LogP contribution in [0.25, 0.3) is 0 Å². The molecule has 0 unspecified atom stereocenters. The van der Waals surface area contributed by atoms with Crippen LogP contribution in [0.2, 0.25) is 0 Å². The maximum Gasteiger partial charge on any atom is 0.234 e. The molecule has 1 fully saturated rings. The van der Waals surface area contributed by atoms with Crippen molar-refractivity contribution in [3.63, 3.8) is 0 Å². The van der Waals surface area contributed by atoms with E-state index in [0.717, 1.165) is 50.6 Å².